The molecule has 150 valence electrons. The lowest BCUT2D eigenvalue weighted by Gasteiger charge is -2.62. The summed E-state index contributed by atoms with van der Waals surface area (Å²) in [5.41, 5.74) is 0.138. The van der Waals surface area contributed by atoms with E-state index in [4.69, 9.17) is 4.43 Å². The van der Waals surface area contributed by atoms with Gasteiger partial charge in [-0.3, -0.25) is 4.79 Å². The monoisotopic (exact) mass is 378 g/mol. The number of rotatable bonds is 2. The summed E-state index contributed by atoms with van der Waals surface area (Å²) in [4.78, 5) is 13.4. The molecular formula is C23H42O2Si. The summed E-state index contributed by atoms with van der Waals surface area (Å²) < 4.78 is 6.79. The van der Waals surface area contributed by atoms with Crippen molar-refractivity contribution in [3.05, 3.63) is 0 Å². The first-order valence-electron chi connectivity index (χ1n) is 11.0. The minimum Gasteiger partial charge on any atom is -0.406 e. The fourth-order valence-electron chi connectivity index (χ4n) is 6.62. The Hall–Kier alpha value is -0.153. The van der Waals surface area contributed by atoms with Crippen LogP contribution in [0.25, 0.3) is 0 Å². The lowest BCUT2D eigenvalue weighted by molar-refractivity contribution is -0.171. The van der Waals surface area contributed by atoms with Crippen molar-refractivity contribution in [2.45, 2.75) is 111 Å². The highest BCUT2D eigenvalue weighted by Gasteiger charge is 2.61. The smallest absolute Gasteiger partial charge is 0.193 e. The first-order valence-corrected chi connectivity index (χ1v) is 13.9. The molecule has 3 saturated carbocycles. The Kier molecular flexibility index (Phi) is 5.10. The van der Waals surface area contributed by atoms with E-state index >= 15 is 0 Å². The maximum atomic E-state index is 13.4. The van der Waals surface area contributed by atoms with Crippen molar-refractivity contribution in [1.29, 1.82) is 0 Å². The second kappa shape index (κ2) is 6.44. The summed E-state index contributed by atoms with van der Waals surface area (Å²) in [5.74, 6) is 2.63. The zero-order valence-electron chi connectivity index (χ0n) is 18.6. The van der Waals surface area contributed by atoms with Gasteiger partial charge in [-0.05, 0) is 60.6 Å². The molecule has 3 fully saturated rings. The first kappa shape index (κ1) is 20.6. The maximum Gasteiger partial charge on any atom is 0.193 e. The van der Waals surface area contributed by atoms with Crippen molar-refractivity contribution in [3.8, 4) is 0 Å². The fraction of sp³-hybridized carbons (Fsp3) is 0.957. The molecule has 0 bridgehead atoms. The van der Waals surface area contributed by atoms with Crippen LogP contribution in [0.4, 0.5) is 0 Å². The zero-order valence-corrected chi connectivity index (χ0v) is 19.6. The largest absolute Gasteiger partial charge is 0.406 e. The number of hydrogen-bond donors (Lipinski definition) is 0. The normalized spacial score (nSPS) is 40.7. The van der Waals surface area contributed by atoms with E-state index in [9.17, 15) is 4.79 Å². The molecule has 0 aromatic heterocycles. The topological polar surface area (TPSA) is 26.3 Å². The van der Waals surface area contributed by atoms with Gasteiger partial charge in [0.15, 0.2) is 14.1 Å². The molecule has 3 aliphatic carbocycles. The third kappa shape index (κ3) is 3.15. The molecule has 5 atom stereocenters. The van der Waals surface area contributed by atoms with Crippen LogP contribution in [0.3, 0.4) is 0 Å². The van der Waals surface area contributed by atoms with Crippen molar-refractivity contribution in [3.63, 3.8) is 0 Å². The molecule has 2 nitrogen and oxygen atoms in total. The molecule has 0 spiro atoms. The first-order chi connectivity index (χ1) is 11.8. The Morgan fingerprint density at radius 1 is 1.00 bits per heavy atom. The van der Waals surface area contributed by atoms with Gasteiger partial charge >= 0.3 is 0 Å². The maximum absolute atomic E-state index is 13.4. The van der Waals surface area contributed by atoms with Gasteiger partial charge in [-0.1, -0.05) is 60.8 Å². The molecule has 3 heteroatoms. The van der Waals surface area contributed by atoms with E-state index in [1.165, 1.54) is 38.5 Å². The van der Waals surface area contributed by atoms with E-state index in [0.717, 1.165) is 18.3 Å². The van der Waals surface area contributed by atoms with Crippen LogP contribution in [0.5, 0.6) is 0 Å². The number of fused-ring (bicyclic) bond motifs is 3. The third-order valence-corrected chi connectivity index (χ3v) is 13.5. The van der Waals surface area contributed by atoms with E-state index in [1.54, 1.807) is 0 Å². The second-order valence-corrected chi connectivity index (χ2v) is 16.8. The summed E-state index contributed by atoms with van der Waals surface area (Å²) in [6.45, 7) is 18.6. The summed E-state index contributed by atoms with van der Waals surface area (Å²) in [7, 11) is -1.96. The number of hydrogen-bond acceptors (Lipinski definition) is 2. The Morgan fingerprint density at radius 3 is 2.23 bits per heavy atom. The van der Waals surface area contributed by atoms with Crippen LogP contribution in [-0.4, -0.2) is 20.2 Å². The Bertz CT molecular complexity index is 559. The predicted octanol–water partition coefficient (Wildman–Crippen LogP) is 6.60. The van der Waals surface area contributed by atoms with Crippen LogP contribution in [0, 0.1) is 28.6 Å². The molecule has 26 heavy (non-hydrogen) atoms. The van der Waals surface area contributed by atoms with Gasteiger partial charge in [0.05, 0.1) is 0 Å². The van der Waals surface area contributed by atoms with Crippen LogP contribution in [0.1, 0.15) is 86.5 Å². The summed E-state index contributed by atoms with van der Waals surface area (Å²) in [6.07, 6.45) is 8.70. The van der Waals surface area contributed by atoms with Gasteiger partial charge in [0, 0.05) is 11.8 Å². The molecule has 0 aromatic rings. The summed E-state index contributed by atoms with van der Waals surface area (Å²) in [5, 5.41) is 0.144. The van der Waals surface area contributed by atoms with E-state index in [0.29, 0.717) is 11.7 Å². The Balaban J connectivity index is 1.91. The average molecular weight is 379 g/mol. The molecule has 0 radical (unpaired) electrons. The Morgan fingerprint density at radius 2 is 1.62 bits per heavy atom. The molecule has 0 N–H and O–H groups in total. The highest BCUT2D eigenvalue weighted by Crippen LogP contribution is 2.63. The van der Waals surface area contributed by atoms with Gasteiger partial charge in [0.1, 0.15) is 6.10 Å². The molecule has 0 unspecified atom stereocenters. The van der Waals surface area contributed by atoms with Gasteiger partial charge in [-0.25, -0.2) is 0 Å². The van der Waals surface area contributed by atoms with Gasteiger partial charge in [-0.2, -0.15) is 0 Å². The second-order valence-electron chi connectivity index (χ2n) is 12.0. The van der Waals surface area contributed by atoms with E-state index in [-0.39, 0.29) is 22.0 Å². The van der Waals surface area contributed by atoms with E-state index in [2.05, 4.69) is 54.6 Å². The standard InChI is InChI=1S/C23H42O2Si/c1-21(2,3)26(7,8)25-20-18(24)15-23(6)17-12-10-9-11-16(17)13-14-19(23)22(20,4)5/h16-17,19-20H,9-15H2,1-8H3/t16-,17+,19+,20+,23-/m1/s1. The SMILES string of the molecule is CC1(C)[C@@H](O[Si](C)(C)C(C)(C)C)C(=O)C[C@]2(C)[C@H]3CCCC[C@@H]3CC[C@@H]12. The third-order valence-electron chi connectivity index (χ3n) is 9.02. The number of carbonyl (C=O) groups excluding carboxylic acids is 1. The lowest BCUT2D eigenvalue weighted by atomic mass is 9.44. The molecule has 3 rings (SSSR count). The Labute approximate surface area is 163 Å². The van der Waals surface area contributed by atoms with Gasteiger partial charge in [0.25, 0.3) is 0 Å². The van der Waals surface area contributed by atoms with Gasteiger partial charge in [-0.15, -0.1) is 0 Å². The van der Waals surface area contributed by atoms with Crippen molar-refractivity contribution < 1.29 is 9.22 Å². The predicted molar refractivity (Wildman–Crippen MR) is 112 cm³/mol. The minimum absolute atomic E-state index is 0.0536. The van der Waals surface area contributed by atoms with Crippen LogP contribution < -0.4 is 0 Å². The van der Waals surface area contributed by atoms with Crippen molar-refractivity contribution in [2.75, 3.05) is 0 Å². The molecule has 0 aliphatic heterocycles. The van der Waals surface area contributed by atoms with Crippen LogP contribution in [0.2, 0.25) is 18.1 Å². The molecule has 0 heterocycles. The highest BCUT2D eigenvalue weighted by molar-refractivity contribution is 6.74. The van der Waals surface area contributed by atoms with Crippen molar-refractivity contribution >= 4 is 14.1 Å². The van der Waals surface area contributed by atoms with Crippen molar-refractivity contribution in [2.24, 2.45) is 28.6 Å². The highest BCUT2D eigenvalue weighted by atomic mass is 28.4. The van der Waals surface area contributed by atoms with E-state index < -0.39 is 8.32 Å². The molecule has 0 aromatic carbocycles. The molecular weight excluding hydrogens is 336 g/mol. The summed E-state index contributed by atoms with van der Waals surface area (Å²) in [6, 6.07) is 0. The van der Waals surface area contributed by atoms with Crippen LogP contribution in [0.15, 0.2) is 0 Å². The zero-order chi connectivity index (χ0) is 19.5. The number of Topliss-reactive ketones (excluding diaryl/α,β-unsaturated/α-hetero) is 1. The quantitative estimate of drug-likeness (QED) is 0.506. The summed E-state index contributed by atoms with van der Waals surface area (Å²) >= 11 is 0. The van der Waals surface area contributed by atoms with Gasteiger partial charge < -0.3 is 4.43 Å². The molecule has 0 saturated heterocycles. The average Bonchev–Trinajstić information content (AvgIpc) is 2.50. The molecule has 0 amide bonds. The van der Waals surface area contributed by atoms with Crippen LogP contribution >= 0.6 is 0 Å². The number of ketones is 1. The lowest BCUT2D eigenvalue weighted by Crippen LogP contribution is -2.63. The minimum atomic E-state index is -1.96. The van der Waals surface area contributed by atoms with Gasteiger partial charge in [0.2, 0.25) is 0 Å². The number of carbonyl (C=O) groups is 1. The van der Waals surface area contributed by atoms with E-state index in [1.807, 2.05) is 0 Å². The van der Waals surface area contributed by atoms with Crippen LogP contribution in [-0.2, 0) is 9.22 Å². The molecule has 3 aliphatic rings. The fourth-order valence-corrected chi connectivity index (χ4v) is 8.00. The van der Waals surface area contributed by atoms with Crippen molar-refractivity contribution in [1.82, 2.24) is 0 Å².